The Morgan fingerprint density at radius 3 is 1.96 bits per heavy atom. The number of likely N-dealkylation sites (tertiary alicyclic amines) is 1. The first-order chi connectivity index (χ1) is 12.6. The summed E-state index contributed by atoms with van der Waals surface area (Å²) in [4.78, 5) is 31.8. The predicted octanol–water partition coefficient (Wildman–Crippen LogP) is 1.75. The summed E-state index contributed by atoms with van der Waals surface area (Å²) >= 11 is 0. The van der Waals surface area contributed by atoms with E-state index in [-0.39, 0.29) is 48.6 Å². The molecule has 0 aromatic rings. The lowest BCUT2D eigenvalue weighted by atomic mass is 9.84. The fraction of sp³-hybridized carbons (Fsp3) is 0.900. The van der Waals surface area contributed by atoms with Crippen molar-refractivity contribution in [1.29, 1.82) is 0 Å². The molecule has 2 aliphatic heterocycles. The second kappa shape index (κ2) is 10.5. The zero-order valence-electron chi connectivity index (χ0n) is 16.8. The zero-order valence-corrected chi connectivity index (χ0v) is 18.4. The van der Waals surface area contributed by atoms with Crippen LogP contribution in [0, 0.1) is 17.8 Å². The fourth-order valence-corrected chi connectivity index (χ4v) is 5.65. The lowest BCUT2D eigenvalue weighted by Gasteiger charge is -2.38. The minimum atomic E-state index is 0. The third-order valence-corrected chi connectivity index (χ3v) is 7.27. The Morgan fingerprint density at radius 1 is 0.786 bits per heavy atom. The summed E-state index contributed by atoms with van der Waals surface area (Å²) in [5.41, 5.74) is 6.35. The molecule has 0 aromatic carbocycles. The number of carbonyl (C=O) groups excluding carboxylic acids is 2. The number of amides is 2. The number of carbonyl (C=O) groups is 2. The Bertz CT molecular complexity index is 532. The number of nitrogens with two attached hydrogens (primary N) is 1. The van der Waals surface area contributed by atoms with Crippen LogP contribution in [0.15, 0.2) is 0 Å². The molecule has 6 nitrogen and oxygen atoms in total. The van der Waals surface area contributed by atoms with Gasteiger partial charge in [0.1, 0.15) is 0 Å². The molecule has 4 aliphatic rings. The van der Waals surface area contributed by atoms with Crippen molar-refractivity contribution in [3.05, 3.63) is 0 Å². The number of rotatable bonds is 3. The molecule has 2 bridgehead atoms. The van der Waals surface area contributed by atoms with Gasteiger partial charge in [0.05, 0.1) is 12.5 Å². The van der Waals surface area contributed by atoms with E-state index in [1.54, 1.807) is 0 Å². The van der Waals surface area contributed by atoms with Gasteiger partial charge in [-0.3, -0.25) is 14.5 Å². The SMILES string of the molecule is Cl.Cl.NC1C2CCC(C2)C1C(=O)N1CCN(CC(=O)N2CCCCCC2)CC1. The van der Waals surface area contributed by atoms with E-state index >= 15 is 0 Å². The van der Waals surface area contributed by atoms with Gasteiger partial charge in [-0.25, -0.2) is 0 Å². The maximum atomic E-state index is 13.0. The van der Waals surface area contributed by atoms with E-state index in [1.807, 2.05) is 9.80 Å². The van der Waals surface area contributed by atoms with Gasteiger partial charge in [0.2, 0.25) is 11.8 Å². The van der Waals surface area contributed by atoms with E-state index in [0.29, 0.717) is 18.4 Å². The highest BCUT2D eigenvalue weighted by molar-refractivity contribution is 5.85. The summed E-state index contributed by atoms with van der Waals surface area (Å²) in [6, 6.07) is 0.0730. The highest BCUT2D eigenvalue weighted by atomic mass is 35.5. The van der Waals surface area contributed by atoms with Crippen LogP contribution >= 0.6 is 24.8 Å². The Hall–Kier alpha value is -0.560. The van der Waals surface area contributed by atoms with Gasteiger partial charge in [0.15, 0.2) is 0 Å². The normalized spacial score (nSPS) is 33.0. The van der Waals surface area contributed by atoms with Crippen LogP contribution < -0.4 is 5.73 Å². The van der Waals surface area contributed by atoms with Crippen LogP contribution in [-0.2, 0) is 9.59 Å². The summed E-state index contributed by atoms with van der Waals surface area (Å²) in [6.07, 6.45) is 8.31. The van der Waals surface area contributed by atoms with Crippen molar-refractivity contribution in [3.8, 4) is 0 Å². The van der Waals surface area contributed by atoms with Crippen LogP contribution in [0.5, 0.6) is 0 Å². The molecule has 4 fully saturated rings. The van der Waals surface area contributed by atoms with E-state index in [9.17, 15) is 9.59 Å². The third-order valence-electron chi connectivity index (χ3n) is 7.27. The molecule has 8 heteroatoms. The van der Waals surface area contributed by atoms with Gasteiger partial charge < -0.3 is 15.5 Å². The molecule has 2 N–H and O–H groups in total. The van der Waals surface area contributed by atoms with Crippen LogP contribution in [0.2, 0.25) is 0 Å². The first-order valence-electron chi connectivity index (χ1n) is 10.7. The monoisotopic (exact) mass is 434 g/mol. The average Bonchev–Trinajstić information content (AvgIpc) is 3.12. The highest BCUT2D eigenvalue weighted by Crippen LogP contribution is 2.48. The quantitative estimate of drug-likeness (QED) is 0.734. The Kier molecular flexibility index (Phi) is 8.86. The zero-order chi connectivity index (χ0) is 18.1. The summed E-state index contributed by atoms with van der Waals surface area (Å²) in [5.74, 6) is 1.69. The molecule has 2 aliphatic carbocycles. The maximum absolute atomic E-state index is 13.0. The van der Waals surface area contributed by atoms with Gasteiger partial charge in [0.25, 0.3) is 0 Å². The van der Waals surface area contributed by atoms with Crippen LogP contribution in [0.25, 0.3) is 0 Å². The van der Waals surface area contributed by atoms with Gasteiger partial charge >= 0.3 is 0 Å². The van der Waals surface area contributed by atoms with E-state index in [1.165, 1.54) is 25.7 Å². The number of halogens is 2. The van der Waals surface area contributed by atoms with Crippen LogP contribution in [-0.4, -0.2) is 78.4 Å². The molecule has 2 amide bonds. The maximum Gasteiger partial charge on any atom is 0.236 e. The predicted molar refractivity (Wildman–Crippen MR) is 115 cm³/mol. The molecule has 2 saturated heterocycles. The molecule has 0 spiro atoms. The minimum absolute atomic E-state index is 0. The Balaban J connectivity index is 0.00000140. The molecule has 4 rings (SSSR count). The Labute approximate surface area is 181 Å². The molecular weight excluding hydrogens is 399 g/mol. The Morgan fingerprint density at radius 2 is 1.39 bits per heavy atom. The molecular formula is C20H36Cl2N4O2. The smallest absolute Gasteiger partial charge is 0.236 e. The molecule has 2 saturated carbocycles. The lowest BCUT2D eigenvalue weighted by molar-refractivity contribution is -0.140. The molecule has 0 aromatic heterocycles. The van der Waals surface area contributed by atoms with Crippen molar-refractivity contribution in [2.75, 3.05) is 45.8 Å². The summed E-state index contributed by atoms with van der Waals surface area (Å²) < 4.78 is 0. The summed E-state index contributed by atoms with van der Waals surface area (Å²) in [5, 5.41) is 0. The van der Waals surface area contributed by atoms with Crippen molar-refractivity contribution in [2.45, 2.75) is 51.0 Å². The van der Waals surface area contributed by atoms with Crippen molar-refractivity contribution in [3.63, 3.8) is 0 Å². The number of fused-ring (bicyclic) bond motifs is 2. The fourth-order valence-electron chi connectivity index (χ4n) is 5.65. The second-order valence-corrected chi connectivity index (χ2v) is 8.83. The van der Waals surface area contributed by atoms with Crippen molar-refractivity contribution < 1.29 is 9.59 Å². The molecule has 162 valence electrons. The number of nitrogens with zero attached hydrogens (tertiary/aromatic N) is 3. The highest BCUT2D eigenvalue weighted by Gasteiger charge is 2.50. The third kappa shape index (κ3) is 4.94. The van der Waals surface area contributed by atoms with E-state index in [4.69, 9.17) is 5.73 Å². The number of hydrogen-bond acceptors (Lipinski definition) is 4. The van der Waals surface area contributed by atoms with Crippen molar-refractivity contribution in [1.82, 2.24) is 14.7 Å². The van der Waals surface area contributed by atoms with Crippen LogP contribution in [0.3, 0.4) is 0 Å². The van der Waals surface area contributed by atoms with Crippen LogP contribution in [0.1, 0.15) is 44.9 Å². The van der Waals surface area contributed by atoms with E-state index in [2.05, 4.69) is 4.90 Å². The summed E-state index contributed by atoms with van der Waals surface area (Å²) in [7, 11) is 0. The van der Waals surface area contributed by atoms with Gasteiger partial charge in [-0.15, -0.1) is 24.8 Å². The van der Waals surface area contributed by atoms with Gasteiger partial charge in [-0.1, -0.05) is 12.8 Å². The topological polar surface area (TPSA) is 69.9 Å². The molecule has 0 radical (unpaired) electrons. The van der Waals surface area contributed by atoms with Crippen molar-refractivity contribution in [2.24, 2.45) is 23.5 Å². The molecule has 2 heterocycles. The van der Waals surface area contributed by atoms with Crippen molar-refractivity contribution >= 4 is 36.6 Å². The lowest BCUT2D eigenvalue weighted by Crippen LogP contribution is -2.55. The largest absolute Gasteiger partial charge is 0.342 e. The standard InChI is InChI=1S/C20H34N4O2.2ClH/c21-19-16-6-5-15(13-16)18(19)20(26)24-11-9-22(10-12-24)14-17(25)23-7-3-1-2-4-8-23;;/h15-16,18-19H,1-14,21H2;2*1H. The van der Waals surface area contributed by atoms with E-state index < -0.39 is 0 Å². The second-order valence-electron chi connectivity index (χ2n) is 8.83. The number of hydrogen-bond donors (Lipinski definition) is 1. The number of piperazine rings is 1. The summed E-state index contributed by atoms with van der Waals surface area (Å²) in [6.45, 7) is 5.44. The van der Waals surface area contributed by atoms with Gasteiger partial charge in [-0.2, -0.15) is 0 Å². The first kappa shape index (κ1) is 23.7. The molecule has 28 heavy (non-hydrogen) atoms. The van der Waals surface area contributed by atoms with Crippen LogP contribution in [0.4, 0.5) is 0 Å². The van der Waals surface area contributed by atoms with Gasteiger partial charge in [-0.05, 0) is 43.9 Å². The minimum Gasteiger partial charge on any atom is -0.342 e. The van der Waals surface area contributed by atoms with Gasteiger partial charge in [0, 0.05) is 45.3 Å². The average molecular weight is 435 g/mol. The first-order valence-corrected chi connectivity index (χ1v) is 10.7. The molecule has 4 unspecified atom stereocenters. The van der Waals surface area contributed by atoms with E-state index in [0.717, 1.165) is 58.5 Å². The molecule has 4 atom stereocenters.